The molecule has 0 saturated heterocycles. The van der Waals surface area contributed by atoms with Gasteiger partial charge in [0, 0.05) is 10.8 Å². The molecule has 2 rings (SSSR count). The normalized spacial score (nSPS) is 9.69. The third-order valence-corrected chi connectivity index (χ3v) is 2.30. The molecule has 0 bridgehead atoms. The molecule has 3 N–H and O–H groups in total. The average Bonchev–Trinajstić information content (AvgIpc) is 2.29. The first kappa shape index (κ1) is 9.99. The molecule has 2 amide bonds. The van der Waals surface area contributed by atoms with Crippen molar-refractivity contribution >= 4 is 22.5 Å². The highest BCUT2D eigenvalue weighted by Gasteiger charge is 2.05. The first-order valence-corrected chi connectivity index (χ1v) is 4.70. The Hall–Kier alpha value is -2.54. The second-order valence-corrected chi connectivity index (χ2v) is 3.31. The Kier molecular flexibility index (Phi) is 2.44. The number of urea groups is 1. The Morgan fingerprint density at radius 1 is 1.19 bits per heavy atom. The van der Waals surface area contributed by atoms with Crippen LogP contribution in [-0.4, -0.2) is 6.03 Å². The molecule has 78 valence electrons. The van der Waals surface area contributed by atoms with Crippen molar-refractivity contribution in [1.29, 1.82) is 5.26 Å². The Balaban J connectivity index is 2.70. The predicted molar refractivity (Wildman–Crippen MR) is 61.9 cm³/mol. The van der Waals surface area contributed by atoms with Crippen molar-refractivity contribution in [3.8, 4) is 6.07 Å². The number of nitrogens with one attached hydrogen (secondary N) is 1. The maximum atomic E-state index is 10.8. The maximum absolute atomic E-state index is 10.8. The van der Waals surface area contributed by atoms with E-state index >= 15 is 0 Å². The van der Waals surface area contributed by atoms with Gasteiger partial charge in [0.25, 0.3) is 0 Å². The fraction of sp³-hybridized carbons (Fsp3) is 0. The summed E-state index contributed by atoms with van der Waals surface area (Å²) in [6, 6.07) is 12.2. The zero-order valence-corrected chi connectivity index (χ0v) is 8.40. The lowest BCUT2D eigenvalue weighted by molar-refractivity contribution is 0.259. The molecule has 0 spiro atoms. The van der Waals surface area contributed by atoms with Gasteiger partial charge >= 0.3 is 6.03 Å². The van der Waals surface area contributed by atoms with Crippen LogP contribution in [0.25, 0.3) is 10.8 Å². The smallest absolute Gasteiger partial charge is 0.316 e. The Morgan fingerprint density at radius 2 is 1.88 bits per heavy atom. The summed E-state index contributed by atoms with van der Waals surface area (Å²) in [5.41, 5.74) is 6.26. The van der Waals surface area contributed by atoms with Gasteiger partial charge in [-0.3, -0.25) is 0 Å². The summed E-state index contributed by atoms with van der Waals surface area (Å²) in [4.78, 5) is 10.8. The van der Waals surface area contributed by atoms with E-state index < -0.39 is 6.03 Å². The molecule has 0 radical (unpaired) electrons. The van der Waals surface area contributed by atoms with Crippen LogP contribution in [-0.2, 0) is 0 Å². The number of amides is 2. The molecule has 0 aliphatic rings. The van der Waals surface area contributed by atoms with Crippen molar-refractivity contribution in [1.82, 2.24) is 0 Å². The number of nitriles is 1. The fourth-order valence-electron chi connectivity index (χ4n) is 1.64. The Bertz CT molecular complexity index is 599. The Morgan fingerprint density at radius 3 is 2.50 bits per heavy atom. The molecule has 0 aromatic heterocycles. The van der Waals surface area contributed by atoms with Gasteiger partial charge in [-0.2, -0.15) is 5.26 Å². The van der Waals surface area contributed by atoms with Crippen LogP contribution in [0.2, 0.25) is 0 Å². The third kappa shape index (κ3) is 1.66. The maximum Gasteiger partial charge on any atom is 0.316 e. The molecule has 4 heteroatoms. The van der Waals surface area contributed by atoms with Crippen LogP contribution in [0, 0.1) is 11.3 Å². The number of nitrogens with two attached hydrogens (primary N) is 1. The molecule has 2 aromatic rings. The number of nitrogens with zero attached hydrogens (tertiary/aromatic N) is 1. The molecule has 4 nitrogen and oxygen atoms in total. The number of primary amides is 1. The van der Waals surface area contributed by atoms with E-state index in [1.165, 1.54) is 0 Å². The molecule has 0 fully saturated rings. The number of carbonyl (C=O) groups excluding carboxylic acids is 1. The number of fused-ring (bicyclic) bond motifs is 1. The standard InChI is InChI=1S/C12H9N3O/c13-7-8-5-6-11(15-12(14)16)10-4-2-1-3-9(8)10/h1-6H,(H3,14,15,16). The zero-order chi connectivity index (χ0) is 11.5. The van der Waals surface area contributed by atoms with Crippen molar-refractivity contribution in [2.45, 2.75) is 0 Å². The second kappa shape index (κ2) is 3.91. The van der Waals surface area contributed by atoms with Crippen LogP contribution in [0.3, 0.4) is 0 Å². The molecule has 2 aromatic carbocycles. The van der Waals surface area contributed by atoms with Gasteiger partial charge in [0.05, 0.1) is 17.3 Å². The largest absolute Gasteiger partial charge is 0.351 e. The van der Waals surface area contributed by atoms with Crippen LogP contribution in [0.15, 0.2) is 36.4 Å². The minimum Gasteiger partial charge on any atom is -0.351 e. The van der Waals surface area contributed by atoms with Gasteiger partial charge in [-0.05, 0) is 12.1 Å². The third-order valence-electron chi connectivity index (χ3n) is 2.30. The van der Waals surface area contributed by atoms with Gasteiger partial charge in [0.15, 0.2) is 0 Å². The van der Waals surface area contributed by atoms with E-state index in [1.54, 1.807) is 12.1 Å². The zero-order valence-electron chi connectivity index (χ0n) is 8.40. The van der Waals surface area contributed by atoms with Crippen molar-refractivity contribution in [3.63, 3.8) is 0 Å². The summed E-state index contributed by atoms with van der Waals surface area (Å²) in [6.07, 6.45) is 0. The predicted octanol–water partition coefficient (Wildman–Crippen LogP) is 2.20. The lowest BCUT2D eigenvalue weighted by Crippen LogP contribution is -2.19. The minimum absolute atomic E-state index is 0.575. The molecule has 0 saturated carbocycles. The van der Waals surface area contributed by atoms with Gasteiger partial charge in [-0.15, -0.1) is 0 Å². The number of hydrogen-bond donors (Lipinski definition) is 2. The van der Waals surface area contributed by atoms with E-state index in [9.17, 15) is 4.79 Å². The molecular weight excluding hydrogens is 202 g/mol. The lowest BCUT2D eigenvalue weighted by Gasteiger charge is -2.07. The quantitative estimate of drug-likeness (QED) is 0.758. The number of hydrogen-bond acceptors (Lipinski definition) is 2. The van der Waals surface area contributed by atoms with Crippen molar-refractivity contribution < 1.29 is 4.79 Å². The van der Waals surface area contributed by atoms with Crippen LogP contribution < -0.4 is 11.1 Å². The summed E-state index contributed by atoms with van der Waals surface area (Å²) in [7, 11) is 0. The first-order chi connectivity index (χ1) is 7.72. The van der Waals surface area contributed by atoms with Gasteiger partial charge in [-0.1, -0.05) is 24.3 Å². The fourth-order valence-corrected chi connectivity index (χ4v) is 1.64. The van der Waals surface area contributed by atoms with E-state index in [2.05, 4.69) is 11.4 Å². The first-order valence-electron chi connectivity index (χ1n) is 4.70. The van der Waals surface area contributed by atoms with E-state index in [-0.39, 0.29) is 0 Å². The van der Waals surface area contributed by atoms with Gasteiger partial charge in [0.2, 0.25) is 0 Å². The van der Waals surface area contributed by atoms with E-state index in [0.717, 1.165) is 10.8 Å². The van der Waals surface area contributed by atoms with Crippen molar-refractivity contribution in [2.75, 3.05) is 5.32 Å². The molecule has 16 heavy (non-hydrogen) atoms. The molecule has 0 aliphatic carbocycles. The summed E-state index contributed by atoms with van der Waals surface area (Å²) in [5.74, 6) is 0. The van der Waals surface area contributed by atoms with E-state index in [1.807, 2.05) is 24.3 Å². The van der Waals surface area contributed by atoms with E-state index in [4.69, 9.17) is 11.0 Å². The van der Waals surface area contributed by atoms with Crippen LogP contribution in [0.1, 0.15) is 5.56 Å². The molecule has 0 atom stereocenters. The van der Waals surface area contributed by atoms with Crippen molar-refractivity contribution in [3.05, 3.63) is 42.0 Å². The highest BCUT2D eigenvalue weighted by atomic mass is 16.2. The van der Waals surface area contributed by atoms with Crippen molar-refractivity contribution in [2.24, 2.45) is 5.73 Å². The highest BCUT2D eigenvalue weighted by Crippen LogP contribution is 2.25. The Labute approximate surface area is 92.3 Å². The van der Waals surface area contributed by atoms with Crippen LogP contribution in [0.4, 0.5) is 10.5 Å². The number of carbonyl (C=O) groups is 1. The topological polar surface area (TPSA) is 78.9 Å². The van der Waals surface area contributed by atoms with Gasteiger partial charge in [0.1, 0.15) is 0 Å². The SMILES string of the molecule is N#Cc1ccc(NC(N)=O)c2ccccc12. The molecular formula is C12H9N3O. The molecule has 0 heterocycles. The van der Waals surface area contributed by atoms with E-state index in [0.29, 0.717) is 11.3 Å². The summed E-state index contributed by atoms with van der Waals surface area (Å²) >= 11 is 0. The van der Waals surface area contributed by atoms with Gasteiger partial charge < -0.3 is 11.1 Å². The summed E-state index contributed by atoms with van der Waals surface area (Å²) in [5, 5.41) is 13.1. The number of benzene rings is 2. The molecule has 0 unspecified atom stereocenters. The minimum atomic E-state index is -0.616. The summed E-state index contributed by atoms with van der Waals surface area (Å²) in [6.45, 7) is 0. The van der Waals surface area contributed by atoms with Crippen LogP contribution >= 0.6 is 0 Å². The number of anilines is 1. The highest BCUT2D eigenvalue weighted by molar-refractivity contribution is 6.03. The van der Waals surface area contributed by atoms with Crippen LogP contribution in [0.5, 0.6) is 0 Å². The number of rotatable bonds is 1. The molecule has 0 aliphatic heterocycles. The van der Waals surface area contributed by atoms with Gasteiger partial charge in [-0.25, -0.2) is 4.79 Å². The monoisotopic (exact) mass is 211 g/mol. The second-order valence-electron chi connectivity index (χ2n) is 3.31. The average molecular weight is 211 g/mol. The summed E-state index contributed by atoms with van der Waals surface area (Å²) < 4.78 is 0. The lowest BCUT2D eigenvalue weighted by atomic mass is 10.0.